The standard InChI is InChI=1S/C18H18ClN5/c1-2-24(15-6-4-3-5-7-15)18-16(20)17(21-12-22-18)23-14-10-8-13(19)9-11-14/h3-12H,2,20H2,1H3,(H,21,22,23). The average Bonchev–Trinajstić information content (AvgIpc) is 2.61. The molecule has 24 heavy (non-hydrogen) atoms. The predicted molar refractivity (Wildman–Crippen MR) is 100 cm³/mol. The normalized spacial score (nSPS) is 10.4. The lowest BCUT2D eigenvalue weighted by Crippen LogP contribution is -2.19. The predicted octanol–water partition coefficient (Wildman–Crippen LogP) is 4.61. The molecule has 0 saturated heterocycles. The molecule has 6 heteroatoms. The average molecular weight is 340 g/mol. The lowest BCUT2D eigenvalue weighted by atomic mass is 10.2. The number of halogens is 1. The van der Waals surface area contributed by atoms with E-state index in [-0.39, 0.29) is 0 Å². The number of nitrogens with two attached hydrogens (primary N) is 1. The van der Waals surface area contributed by atoms with Crippen LogP contribution < -0.4 is 16.0 Å². The molecule has 0 amide bonds. The van der Waals surface area contributed by atoms with Gasteiger partial charge in [0.15, 0.2) is 11.6 Å². The highest BCUT2D eigenvalue weighted by Gasteiger charge is 2.15. The first kappa shape index (κ1) is 16.1. The van der Waals surface area contributed by atoms with Gasteiger partial charge < -0.3 is 16.0 Å². The van der Waals surface area contributed by atoms with Gasteiger partial charge >= 0.3 is 0 Å². The van der Waals surface area contributed by atoms with Crippen LogP contribution in [0.1, 0.15) is 6.92 Å². The lowest BCUT2D eigenvalue weighted by molar-refractivity contribution is 0.980. The van der Waals surface area contributed by atoms with Crippen LogP contribution in [0.25, 0.3) is 0 Å². The van der Waals surface area contributed by atoms with Crippen molar-refractivity contribution in [3.8, 4) is 0 Å². The van der Waals surface area contributed by atoms with Gasteiger partial charge in [-0.15, -0.1) is 0 Å². The van der Waals surface area contributed by atoms with E-state index in [2.05, 4.69) is 22.2 Å². The van der Waals surface area contributed by atoms with Crippen LogP contribution in [0, 0.1) is 0 Å². The Morgan fingerprint density at radius 3 is 2.42 bits per heavy atom. The van der Waals surface area contributed by atoms with Crippen LogP contribution in [0.4, 0.5) is 28.7 Å². The third kappa shape index (κ3) is 3.41. The summed E-state index contributed by atoms with van der Waals surface area (Å²) in [6, 6.07) is 17.4. The van der Waals surface area contributed by atoms with Crippen LogP contribution >= 0.6 is 11.6 Å². The van der Waals surface area contributed by atoms with Gasteiger partial charge in [-0.1, -0.05) is 29.8 Å². The molecule has 0 spiro atoms. The van der Waals surface area contributed by atoms with Crippen molar-refractivity contribution in [1.29, 1.82) is 0 Å². The lowest BCUT2D eigenvalue weighted by Gasteiger charge is -2.24. The van der Waals surface area contributed by atoms with Gasteiger partial charge in [-0.3, -0.25) is 0 Å². The molecule has 0 unspecified atom stereocenters. The Morgan fingerprint density at radius 2 is 1.75 bits per heavy atom. The van der Waals surface area contributed by atoms with Gasteiger partial charge in [-0.2, -0.15) is 0 Å². The number of nitrogens with one attached hydrogen (secondary N) is 1. The molecule has 0 aliphatic rings. The van der Waals surface area contributed by atoms with Crippen molar-refractivity contribution >= 4 is 40.3 Å². The summed E-state index contributed by atoms with van der Waals surface area (Å²) < 4.78 is 0. The highest BCUT2D eigenvalue weighted by Crippen LogP contribution is 2.32. The highest BCUT2D eigenvalue weighted by molar-refractivity contribution is 6.30. The first-order valence-corrected chi connectivity index (χ1v) is 8.02. The van der Waals surface area contributed by atoms with E-state index in [1.54, 1.807) is 0 Å². The van der Waals surface area contributed by atoms with Crippen LogP contribution in [0.5, 0.6) is 0 Å². The number of benzene rings is 2. The number of hydrogen-bond acceptors (Lipinski definition) is 5. The Bertz CT molecular complexity index is 805. The van der Waals surface area contributed by atoms with Gasteiger partial charge in [0.25, 0.3) is 0 Å². The number of anilines is 5. The summed E-state index contributed by atoms with van der Waals surface area (Å²) >= 11 is 5.91. The van der Waals surface area contributed by atoms with E-state index in [9.17, 15) is 0 Å². The zero-order chi connectivity index (χ0) is 16.9. The van der Waals surface area contributed by atoms with E-state index < -0.39 is 0 Å². The van der Waals surface area contributed by atoms with Gasteiger partial charge in [0, 0.05) is 22.9 Å². The molecule has 0 aliphatic carbocycles. The van der Waals surface area contributed by atoms with Crippen molar-refractivity contribution in [2.45, 2.75) is 6.92 Å². The van der Waals surface area contributed by atoms with Crippen molar-refractivity contribution in [2.24, 2.45) is 0 Å². The van der Waals surface area contributed by atoms with E-state index in [1.165, 1.54) is 6.33 Å². The van der Waals surface area contributed by atoms with Gasteiger partial charge in [-0.25, -0.2) is 9.97 Å². The molecule has 3 aromatic rings. The van der Waals surface area contributed by atoms with Crippen LogP contribution in [-0.4, -0.2) is 16.5 Å². The fourth-order valence-electron chi connectivity index (χ4n) is 2.43. The topological polar surface area (TPSA) is 67.1 Å². The summed E-state index contributed by atoms with van der Waals surface area (Å²) in [5.41, 5.74) is 8.71. The molecule has 122 valence electrons. The van der Waals surface area contributed by atoms with Crippen LogP contribution in [0.15, 0.2) is 60.9 Å². The van der Waals surface area contributed by atoms with E-state index >= 15 is 0 Å². The Labute approximate surface area is 146 Å². The summed E-state index contributed by atoms with van der Waals surface area (Å²) in [5.74, 6) is 1.24. The third-order valence-corrected chi connectivity index (χ3v) is 3.86. The van der Waals surface area contributed by atoms with E-state index in [1.807, 2.05) is 59.5 Å². The van der Waals surface area contributed by atoms with E-state index in [4.69, 9.17) is 17.3 Å². The SMILES string of the molecule is CCN(c1ccccc1)c1ncnc(Nc2ccc(Cl)cc2)c1N. The molecule has 0 atom stereocenters. The molecular formula is C18H18ClN5. The summed E-state index contributed by atoms with van der Waals surface area (Å²) in [6.45, 7) is 2.80. The molecule has 1 aromatic heterocycles. The first-order chi connectivity index (χ1) is 11.7. The summed E-state index contributed by atoms with van der Waals surface area (Å²) in [6.07, 6.45) is 1.51. The quantitative estimate of drug-likeness (QED) is 0.710. The Morgan fingerprint density at radius 1 is 1.04 bits per heavy atom. The molecular weight excluding hydrogens is 322 g/mol. The van der Waals surface area contributed by atoms with Gasteiger partial charge in [0.1, 0.15) is 12.0 Å². The molecule has 0 radical (unpaired) electrons. The summed E-state index contributed by atoms with van der Waals surface area (Å²) in [7, 11) is 0. The van der Waals surface area contributed by atoms with Gasteiger partial charge in [0.05, 0.1) is 0 Å². The van der Waals surface area contributed by atoms with Crippen LogP contribution in [0.3, 0.4) is 0 Å². The Kier molecular flexibility index (Phi) is 4.82. The maximum Gasteiger partial charge on any atom is 0.161 e. The number of para-hydroxylation sites is 1. The summed E-state index contributed by atoms with van der Waals surface area (Å²) in [4.78, 5) is 10.7. The van der Waals surface area contributed by atoms with Crippen LogP contribution in [-0.2, 0) is 0 Å². The molecule has 1 heterocycles. The smallest absolute Gasteiger partial charge is 0.161 e. The molecule has 0 saturated carbocycles. The minimum absolute atomic E-state index is 0.498. The number of rotatable bonds is 5. The van der Waals surface area contributed by atoms with Crippen molar-refractivity contribution in [3.05, 3.63) is 65.9 Å². The van der Waals surface area contributed by atoms with E-state index in [0.29, 0.717) is 22.3 Å². The number of hydrogen-bond donors (Lipinski definition) is 2. The number of aromatic nitrogens is 2. The van der Waals surface area contributed by atoms with Crippen molar-refractivity contribution in [2.75, 3.05) is 22.5 Å². The molecule has 3 N–H and O–H groups in total. The zero-order valence-electron chi connectivity index (χ0n) is 13.3. The van der Waals surface area contributed by atoms with Crippen LogP contribution in [0.2, 0.25) is 5.02 Å². The minimum atomic E-state index is 0.498. The molecule has 0 aliphatic heterocycles. The number of nitrogen functional groups attached to an aromatic ring is 1. The Balaban J connectivity index is 1.94. The van der Waals surface area contributed by atoms with Crippen molar-refractivity contribution < 1.29 is 0 Å². The second kappa shape index (κ2) is 7.19. The fraction of sp³-hybridized carbons (Fsp3) is 0.111. The monoisotopic (exact) mass is 339 g/mol. The Hall–Kier alpha value is -2.79. The molecule has 0 bridgehead atoms. The van der Waals surface area contributed by atoms with Crippen molar-refractivity contribution in [1.82, 2.24) is 9.97 Å². The molecule has 0 fully saturated rings. The highest BCUT2D eigenvalue weighted by atomic mass is 35.5. The third-order valence-electron chi connectivity index (χ3n) is 3.61. The fourth-order valence-corrected chi connectivity index (χ4v) is 2.56. The largest absolute Gasteiger partial charge is 0.393 e. The number of nitrogens with zero attached hydrogens (tertiary/aromatic N) is 3. The first-order valence-electron chi connectivity index (χ1n) is 7.64. The van der Waals surface area contributed by atoms with E-state index in [0.717, 1.165) is 17.9 Å². The zero-order valence-corrected chi connectivity index (χ0v) is 14.0. The molecule has 2 aromatic carbocycles. The summed E-state index contributed by atoms with van der Waals surface area (Å²) in [5, 5.41) is 3.89. The maximum absolute atomic E-state index is 6.32. The van der Waals surface area contributed by atoms with Gasteiger partial charge in [-0.05, 0) is 43.3 Å². The maximum atomic E-state index is 6.32. The van der Waals surface area contributed by atoms with Gasteiger partial charge in [0.2, 0.25) is 0 Å². The minimum Gasteiger partial charge on any atom is -0.393 e. The molecule has 5 nitrogen and oxygen atoms in total. The molecule has 3 rings (SSSR count). The van der Waals surface area contributed by atoms with Crippen molar-refractivity contribution in [3.63, 3.8) is 0 Å². The second-order valence-electron chi connectivity index (χ2n) is 5.17. The second-order valence-corrected chi connectivity index (χ2v) is 5.61.